The lowest BCUT2D eigenvalue weighted by molar-refractivity contribution is 0.0691. The molecule has 5 nitrogen and oxygen atoms in total. The van der Waals surface area contributed by atoms with Crippen LogP contribution in [0.3, 0.4) is 0 Å². The lowest BCUT2D eigenvalue weighted by Gasteiger charge is -2.30. The van der Waals surface area contributed by atoms with E-state index >= 15 is 0 Å². The van der Waals surface area contributed by atoms with Crippen molar-refractivity contribution in [1.29, 1.82) is 0 Å². The van der Waals surface area contributed by atoms with Crippen molar-refractivity contribution in [3.05, 3.63) is 60.6 Å². The quantitative estimate of drug-likeness (QED) is 0.770. The van der Waals surface area contributed by atoms with E-state index in [-0.39, 0.29) is 5.91 Å². The van der Waals surface area contributed by atoms with E-state index in [0.29, 0.717) is 11.6 Å². The number of amides is 1. The Labute approximate surface area is 153 Å². The number of nitrogens with zero attached hydrogens (tertiary/aromatic N) is 3. The molecule has 132 valence electrons. The number of hydrogen-bond donors (Lipinski definition) is 1. The van der Waals surface area contributed by atoms with Gasteiger partial charge in [0.25, 0.3) is 5.91 Å². The first-order valence-corrected chi connectivity index (χ1v) is 9.07. The smallest absolute Gasteiger partial charge is 0.272 e. The summed E-state index contributed by atoms with van der Waals surface area (Å²) in [7, 11) is 0. The van der Waals surface area contributed by atoms with Crippen LogP contribution >= 0.6 is 0 Å². The van der Waals surface area contributed by atoms with Crippen LogP contribution in [-0.2, 0) is 0 Å². The van der Waals surface area contributed by atoms with E-state index < -0.39 is 0 Å². The predicted molar refractivity (Wildman–Crippen MR) is 104 cm³/mol. The van der Waals surface area contributed by atoms with E-state index in [4.69, 9.17) is 0 Å². The largest absolute Gasteiger partial charge is 0.352 e. The maximum atomic E-state index is 12.6. The summed E-state index contributed by atoms with van der Waals surface area (Å²) in [5, 5.41) is 4.43. The fourth-order valence-electron chi connectivity index (χ4n) is 3.33. The second kappa shape index (κ2) is 7.12. The number of carbonyl (C=O) groups is 1. The lowest BCUT2D eigenvalue weighted by Crippen LogP contribution is -2.38. The molecule has 1 N–H and O–H groups in total. The van der Waals surface area contributed by atoms with Crippen LogP contribution in [0, 0.1) is 5.92 Å². The molecule has 1 fully saturated rings. The predicted octanol–water partition coefficient (Wildman–Crippen LogP) is 4.25. The van der Waals surface area contributed by atoms with E-state index in [0.717, 1.165) is 48.2 Å². The summed E-state index contributed by atoms with van der Waals surface area (Å²) >= 11 is 0. The highest BCUT2D eigenvalue weighted by Crippen LogP contribution is 2.24. The molecular formula is C21H22N4O. The van der Waals surface area contributed by atoms with Crippen molar-refractivity contribution in [1.82, 2.24) is 14.9 Å². The number of pyridine rings is 2. The number of benzene rings is 1. The highest BCUT2D eigenvalue weighted by molar-refractivity contribution is 5.93. The number of para-hydroxylation sites is 1. The number of fused-ring (bicyclic) bond motifs is 1. The van der Waals surface area contributed by atoms with Crippen molar-refractivity contribution >= 4 is 28.2 Å². The minimum atomic E-state index is 0.0234. The highest BCUT2D eigenvalue weighted by atomic mass is 16.2. The van der Waals surface area contributed by atoms with Crippen molar-refractivity contribution in [2.24, 2.45) is 5.92 Å². The Kier molecular flexibility index (Phi) is 4.52. The van der Waals surface area contributed by atoms with Crippen LogP contribution < -0.4 is 5.32 Å². The van der Waals surface area contributed by atoms with E-state index in [1.54, 1.807) is 18.5 Å². The third kappa shape index (κ3) is 3.38. The topological polar surface area (TPSA) is 58.1 Å². The zero-order valence-electron chi connectivity index (χ0n) is 14.9. The monoisotopic (exact) mass is 346 g/mol. The van der Waals surface area contributed by atoms with Crippen molar-refractivity contribution < 1.29 is 4.79 Å². The molecular weight excluding hydrogens is 324 g/mol. The highest BCUT2D eigenvalue weighted by Gasteiger charge is 2.22. The van der Waals surface area contributed by atoms with Gasteiger partial charge in [-0.3, -0.25) is 9.78 Å². The molecule has 3 heterocycles. The maximum absolute atomic E-state index is 12.6. The van der Waals surface area contributed by atoms with Crippen LogP contribution in [0.4, 0.5) is 11.4 Å². The van der Waals surface area contributed by atoms with E-state index in [1.165, 1.54) is 0 Å². The molecule has 3 aromatic rings. The van der Waals surface area contributed by atoms with Crippen molar-refractivity contribution in [2.75, 3.05) is 18.4 Å². The van der Waals surface area contributed by atoms with Crippen LogP contribution in [0.5, 0.6) is 0 Å². The molecule has 0 unspecified atom stereocenters. The number of anilines is 2. The van der Waals surface area contributed by atoms with Crippen molar-refractivity contribution in [2.45, 2.75) is 19.8 Å². The summed E-state index contributed by atoms with van der Waals surface area (Å²) < 4.78 is 0. The first-order chi connectivity index (χ1) is 12.7. The average molecular weight is 346 g/mol. The van der Waals surface area contributed by atoms with Crippen LogP contribution in [-0.4, -0.2) is 33.9 Å². The van der Waals surface area contributed by atoms with Gasteiger partial charge in [0, 0.05) is 24.7 Å². The number of aromatic nitrogens is 2. The molecule has 0 aliphatic carbocycles. The summed E-state index contributed by atoms with van der Waals surface area (Å²) in [6, 6.07) is 13.7. The first kappa shape index (κ1) is 16.5. The molecule has 1 aliphatic rings. The number of hydrogen-bond acceptors (Lipinski definition) is 4. The minimum absolute atomic E-state index is 0.0234. The molecule has 5 heteroatoms. The van der Waals surface area contributed by atoms with Gasteiger partial charge in [-0.1, -0.05) is 25.1 Å². The Bertz CT molecular complexity index is 909. The molecule has 2 aromatic heterocycles. The number of rotatable bonds is 3. The van der Waals surface area contributed by atoms with E-state index in [1.807, 2.05) is 41.3 Å². The number of piperidine rings is 1. The zero-order valence-corrected chi connectivity index (χ0v) is 14.9. The van der Waals surface area contributed by atoms with Crippen molar-refractivity contribution in [3.8, 4) is 0 Å². The molecule has 0 atom stereocenters. The van der Waals surface area contributed by atoms with Gasteiger partial charge in [0.05, 0.1) is 23.1 Å². The van der Waals surface area contributed by atoms with Gasteiger partial charge in [0.15, 0.2) is 0 Å². The first-order valence-electron chi connectivity index (χ1n) is 9.07. The molecule has 1 aliphatic heterocycles. The molecule has 1 amide bonds. The summed E-state index contributed by atoms with van der Waals surface area (Å²) in [5.74, 6) is 0.725. The molecule has 26 heavy (non-hydrogen) atoms. The molecule has 0 saturated carbocycles. The molecule has 4 rings (SSSR count). The Balaban J connectivity index is 1.50. The van der Waals surface area contributed by atoms with E-state index in [9.17, 15) is 4.79 Å². The minimum Gasteiger partial charge on any atom is -0.352 e. The zero-order chi connectivity index (χ0) is 17.9. The van der Waals surface area contributed by atoms with Crippen LogP contribution in [0.15, 0.2) is 54.9 Å². The van der Waals surface area contributed by atoms with Gasteiger partial charge >= 0.3 is 0 Å². The second-order valence-corrected chi connectivity index (χ2v) is 6.91. The van der Waals surface area contributed by atoms with E-state index in [2.05, 4.69) is 22.2 Å². The number of carbonyl (C=O) groups excluding carboxylic acids is 1. The van der Waals surface area contributed by atoms with Gasteiger partial charge in [0.1, 0.15) is 5.69 Å². The third-order valence-corrected chi connectivity index (χ3v) is 4.97. The Morgan fingerprint density at radius 3 is 2.65 bits per heavy atom. The average Bonchev–Trinajstić information content (AvgIpc) is 2.69. The SMILES string of the molecule is CC1CCN(C(=O)c2ccc(Nc3cccc4cccnc34)cn2)CC1. The van der Waals surface area contributed by atoms with Gasteiger partial charge in [0.2, 0.25) is 0 Å². The Hall–Kier alpha value is -2.95. The fourth-order valence-corrected chi connectivity index (χ4v) is 3.33. The summed E-state index contributed by atoms with van der Waals surface area (Å²) in [6.45, 7) is 3.88. The van der Waals surface area contributed by atoms with Crippen molar-refractivity contribution in [3.63, 3.8) is 0 Å². The van der Waals surface area contributed by atoms with Crippen LogP contribution in [0.1, 0.15) is 30.3 Å². The van der Waals surface area contributed by atoms with Crippen LogP contribution in [0.2, 0.25) is 0 Å². The van der Waals surface area contributed by atoms with Gasteiger partial charge in [-0.15, -0.1) is 0 Å². The molecule has 1 aromatic carbocycles. The Morgan fingerprint density at radius 2 is 1.88 bits per heavy atom. The van der Waals surface area contributed by atoms with Gasteiger partial charge in [-0.2, -0.15) is 0 Å². The lowest BCUT2D eigenvalue weighted by atomic mass is 9.99. The van der Waals surface area contributed by atoms with Gasteiger partial charge in [-0.25, -0.2) is 4.98 Å². The molecule has 0 spiro atoms. The second-order valence-electron chi connectivity index (χ2n) is 6.91. The van der Waals surface area contributed by atoms with Gasteiger partial charge < -0.3 is 10.2 Å². The standard InChI is InChI=1S/C21H22N4O/c1-15-9-12-25(13-10-15)21(26)19-8-7-17(14-23-19)24-18-6-2-4-16-5-3-11-22-20(16)18/h2-8,11,14-15,24H,9-10,12-13H2,1H3. The normalized spacial score (nSPS) is 15.2. The number of nitrogens with one attached hydrogen (secondary N) is 1. The fraction of sp³-hybridized carbons (Fsp3) is 0.286. The Morgan fingerprint density at radius 1 is 1.08 bits per heavy atom. The molecule has 0 bridgehead atoms. The molecule has 1 saturated heterocycles. The van der Waals surface area contributed by atoms with Crippen LogP contribution in [0.25, 0.3) is 10.9 Å². The summed E-state index contributed by atoms with van der Waals surface area (Å²) in [4.78, 5) is 23.3. The number of likely N-dealkylation sites (tertiary alicyclic amines) is 1. The van der Waals surface area contributed by atoms with Gasteiger partial charge in [-0.05, 0) is 43.0 Å². The third-order valence-electron chi connectivity index (χ3n) is 4.97. The maximum Gasteiger partial charge on any atom is 0.272 e. The molecule has 0 radical (unpaired) electrons. The summed E-state index contributed by atoms with van der Waals surface area (Å²) in [5.41, 5.74) is 3.18. The summed E-state index contributed by atoms with van der Waals surface area (Å²) in [6.07, 6.45) is 5.63.